The van der Waals surface area contributed by atoms with Crippen LogP contribution in [-0.2, 0) is 17.8 Å². The van der Waals surface area contributed by atoms with E-state index < -0.39 is 0 Å². The standard InChI is InChI=1S/C26H24N4O6/c1-14-28-20(36-29-14)10-12-27-19(31)11-13-30-23-15-6-4-5-7-16(15)24(32)21(23)17-8-9-18(34-2)25(35-3)22(17)26(30)33/h4-9H,10-13H2,1-3H3,(H,27,31). The van der Waals surface area contributed by atoms with Crippen LogP contribution in [0.3, 0.4) is 0 Å². The van der Waals surface area contributed by atoms with Crippen LogP contribution in [0.2, 0.25) is 0 Å². The second kappa shape index (κ2) is 9.29. The molecule has 0 saturated heterocycles. The van der Waals surface area contributed by atoms with Gasteiger partial charge < -0.3 is 23.9 Å². The number of ether oxygens (including phenoxy) is 2. The fourth-order valence-electron chi connectivity index (χ4n) is 4.64. The first-order chi connectivity index (χ1) is 17.4. The lowest BCUT2D eigenvalue weighted by Crippen LogP contribution is -2.30. The second-order valence-electron chi connectivity index (χ2n) is 8.36. The Morgan fingerprint density at radius 2 is 1.86 bits per heavy atom. The van der Waals surface area contributed by atoms with Crippen LogP contribution < -0.4 is 20.3 Å². The monoisotopic (exact) mass is 488 g/mol. The van der Waals surface area contributed by atoms with E-state index in [0.717, 1.165) is 0 Å². The van der Waals surface area contributed by atoms with E-state index in [2.05, 4.69) is 15.5 Å². The zero-order chi connectivity index (χ0) is 25.4. The Morgan fingerprint density at radius 3 is 2.56 bits per heavy atom. The number of methoxy groups -OCH3 is 2. The van der Waals surface area contributed by atoms with Gasteiger partial charge in [0.05, 0.1) is 30.9 Å². The Labute approximate surface area is 205 Å². The predicted molar refractivity (Wildman–Crippen MR) is 131 cm³/mol. The molecule has 2 aromatic carbocycles. The van der Waals surface area contributed by atoms with Crippen molar-refractivity contribution in [2.45, 2.75) is 26.3 Å². The number of pyridine rings is 1. The molecule has 0 fully saturated rings. The molecule has 10 heteroatoms. The predicted octanol–water partition coefficient (Wildman–Crippen LogP) is 2.67. The van der Waals surface area contributed by atoms with Crippen molar-refractivity contribution < 1.29 is 23.6 Å². The third-order valence-electron chi connectivity index (χ3n) is 6.23. The van der Waals surface area contributed by atoms with Crippen molar-refractivity contribution in [3.63, 3.8) is 0 Å². The largest absolute Gasteiger partial charge is 0.493 e. The number of benzene rings is 2. The molecule has 2 aromatic heterocycles. The summed E-state index contributed by atoms with van der Waals surface area (Å²) in [5.74, 6) is 1.17. The van der Waals surface area contributed by atoms with Gasteiger partial charge in [0.1, 0.15) is 0 Å². The molecular formula is C26H24N4O6. The van der Waals surface area contributed by atoms with Gasteiger partial charge in [-0.1, -0.05) is 29.4 Å². The van der Waals surface area contributed by atoms with E-state index in [9.17, 15) is 14.4 Å². The van der Waals surface area contributed by atoms with Gasteiger partial charge in [0.2, 0.25) is 11.8 Å². The molecule has 5 rings (SSSR count). The summed E-state index contributed by atoms with van der Waals surface area (Å²) in [5.41, 5.74) is 1.74. The van der Waals surface area contributed by atoms with Crippen molar-refractivity contribution in [3.05, 3.63) is 69.6 Å². The van der Waals surface area contributed by atoms with Crippen molar-refractivity contribution in [2.75, 3.05) is 20.8 Å². The van der Waals surface area contributed by atoms with E-state index in [1.165, 1.54) is 18.8 Å². The lowest BCUT2D eigenvalue weighted by molar-refractivity contribution is -0.121. The maximum Gasteiger partial charge on any atom is 0.262 e. The van der Waals surface area contributed by atoms with Gasteiger partial charge in [-0.25, -0.2) is 0 Å². The maximum absolute atomic E-state index is 13.8. The molecule has 1 N–H and O–H groups in total. The SMILES string of the molecule is COc1ccc2c3c(n(CCC(=O)NCCc4nc(C)no4)c(=O)c2c1OC)-c1ccccc1C3=O. The molecule has 1 aliphatic carbocycles. The quantitative estimate of drug-likeness (QED) is 0.353. The van der Waals surface area contributed by atoms with Gasteiger partial charge in [-0.3, -0.25) is 14.4 Å². The summed E-state index contributed by atoms with van der Waals surface area (Å²) >= 11 is 0. The number of carbonyl (C=O) groups excluding carboxylic acids is 2. The van der Waals surface area contributed by atoms with Crippen LogP contribution in [0.15, 0.2) is 45.7 Å². The number of hydrogen-bond acceptors (Lipinski definition) is 8. The zero-order valence-electron chi connectivity index (χ0n) is 20.1. The Balaban J connectivity index is 1.53. The normalized spacial score (nSPS) is 11.9. The summed E-state index contributed by atoms with van der Waals surface area (Å²) in [6.07, 6.45) is 0.431. The molecule has 184 valence electrons. The highest BCUT2D eigenvalue weighted by Crippen LogP contribution is 2.43. The third kappa shape index (κ3) is 3.80. The van der Waals surface area contributed by atoms with Crippen LogP contribution in [0.25, 0.3) is 22.0 Å². The van der Waals surface area contributed by atoms with Gasteiger partial charge >= 0.3 is 0 Å². The Kier molecular flexibility index (Phi) is 6.01. The molecule has 0 atom stereocenters. The van der Waals surface area contributed by atoms with E-state index >= 15 is 0 Å². The number of aromatic nitrogens is 3. The summed E-state index contributed by atoms with van der Waals surface area (Å²) in [7, 11) is 2.93. The summed E-state index contributed by atoms with van der Waals surface area (Å²) in [5, 5.41) is 7.27. The summed E-state index contributed by atoms with van der Waals surface area (Å²) in [4.78, 5) is 44.0. The second-order valence-corrected chi connectivity index (χ2v) is 8.36. The number of nitrogens with one attached hydrogen (secondary N) is 1. The minimum atomic E-state index is -0.363. The average molecular weight is 489 g/mol. The van der Waals surface area contributed by atoms with Crippen LogP contribution in [-0.4, -0.2) is 47.2 Å². The van der Waals surface area contributed by atoms with E-state index in [1.807, 2.05) is 12.1 Å². The highest BCUT2D eigenvalue weighted by molar-refractivity contribution is 6.27. The minimum absolute atomic E-state index is 0.0311. The van der Waals surface area contributed by atoms with Crippen molar-refractivity contribution in [1.29, 1.82) is 0 Å². The molecule has 10 nitrogen and oxygen atoms in total. The summed E-state index contributed by atoms with van der Waals surface area (Å²) in [6.45, 7) is 2.11. The highest BCUT2D eigenvalue weighted by atomic mass is 16.5. The number of ketones is 1. The number of fused-ring (bicyclic) bond motifs is 5. The highest BCUT2D eigenvalue weighted by Gasteiger charge is 2.33. The van der Waals surface area contributed by atoms with Gasteiger partial charge in [-0.05, 0) is 19.1 Å². The number of nitrogens with zero attached hydrogens (tertiary/aromatic N) is 3. The molecule has 0 bridgehead atoms. The minimum Gasteiger partial charge on any atom is -0.493 e. The van der Waals surface area contributed by atoms with Crippen molar-refractivity contribution in [2.24, 2.45) is 0 Å². The van der Waals surface area contributed by atoms with Crippen LogP contribution >= 0.6 is 0 Å². The first-order valence-corrected chi connectivity index (χ1v) is 11.5. The number of aryl methyl sites for hydroxylation is 1. The Morgan fingerprint density at radius 1 is 1.08 bits per heavy atom. The number of carbonyl (C=O) groups is 2. The molecule has 1 amide bonds. The van der Waals surface area contributed by atoms with Gasteiger partial charge in [0, 0.05) is 42.4 Å². The van der Waals surface area contributed by atoms with E-state index in [0.29, 0.717) is 58.2 Å². The lowest BCUT2D eigenvalue weighted by atomic mass is 10.0. The van der Waals surface area contributed by atoms with E-state index in [4.69, 9.17) is 14.0 Å². The van der Waals surface area contributed by atoms with Crippen molar-refractivity contribution in [3.8, 4) is 22.8 Å². The molecule has 0 spiro atoms. The molecule has 0 unspecified atom stereocenters. The van der Waals surface area contributed by atoms with E-state index in [-0.39, 0.29) is 41.4 Å². The number of rotatable bonds is 8. The molecule has 36 heavy (non-hydrogen) atoms. The fourth-order valence-corrected chi connectivity index (χ4v) is 4.64. The van der Waals surface area contributed by atoms with E-state index in [1.54, 1.807) is 31.2 Å². The fraction of sp³-hybridized carbons (Fsp3) is 0.269. The van der Waals surface area contributed by atoms with Crippen LogP contribution in [0.4, 0.5) is 0 Å². The maximum atomic E-state index is 13.8. The molecule has 1 aliphatic rings. The third-order valence-corrected chi connectivity index (χ3v) is 6.23. The summed E-state index contributed by atoms with van der Waals surface area (Å²) < 4.78 is 17.5. The number of hydrogen-bond donors (Lipinski definition) is 1. The van der Waals surface area contributed by atoms with Crippen LogP contribution in [0.5, 0.6) is 11.5 Å². The molecule has 2 heterocycles. The van der Waals surface area contributed by atoms with Crippen LogP contribution in [0.1, 0.15) is 34.1 Å². The zero-order valence-corrected chi connectivity index (χ0v) is 20.1. The summed E-state index contributed by atoms with van der Waals surface area (Å²) in [6, 6.07) is 10.5. The van der Waals surface area contributed by atoms with Crippen molar-refractivity contribution >= 4 is 22.5 Å². The molecule has 0 radical (unpaired) electrons. The van der Waals surface area contributed by atoms with Gasteiger partial charge in [0.25, 0.3) is 5.56 Å². The molecule has 0 aliphatic heterocycles. The Bertz CT molecular complexity index is 1570. The van der Waals surface area contributed by atoms with Crippen LogP contribution in [0, 0.1) is 6.92 Å². The van der Waals surface area contributed by atoms with Gasteiger partial charge in [-0.15, -0.1) is 0 Å². The molecular weight excluding hydrogens is 464 g/mol. The van der Waals surface area contributed by atoms with Crippen molar-refractivity contribution in [1.82, 2.24) is 20.0 Å². The van der Waals surface area contributed by atoms with Gasteiger partial charge in [-0.2, -0.15) is 4.98 Å². The first-order valence-electron chi connectivity index (χ1n) is 11.5. The van der Waals surface area contributed by atoms with Gasteiger partial charge in [0.15, 0.2) is 23.1 Å². The molecule has 0 saturated carbocycles. The Hall–Kier alpha value is -4.47. The first kappa shape index (κ1) is 23.3. The lowest BCUT2D eigenvalue weighted by Gasteiger charge is -2.17. The smallest absolute Gasteiger partial charge is 0.262 e. The number of amides is 1. The average Bonchev–Trinajstić information content (AvgIpc) is 3.43. The molecule has 4 aromatic rings. The topological polar surface area (TPSA) is 126 Å².